The quantitative estimate of drug-likeness (QED) is 0.834. The van der Waals surface area contributed by atoms with Crippen LogP contribution in [-0.4, -0.2) is 15.3 Å². The van der Waals surface area contributed by atoms with Crippen molar-refractivity contribution in [2.45, 2.75) is 19.9 Å². The van der Waals surface area contributed by atoms with E-state index in [1.807, 2.05) is 12.3 Å². The first-order chi connectivity index (χ1) is 7.24. The number of hydrogen-bond donors (Lipinski definition) is 1. The summed E-state index contributed by atoms with van der Waals surface area (Å²) in [6.45, 7) is 2.67. The van der Waals surface area contributed by atoms with E-state index in [0.717, 1.165) is 28.0 Å². The minimum Gasteiger partial charge on any atom is -0.298 e. The molecule has 0 radical (unpaired) electrons. The van der Waals surface area contributed by atoms with Crippen molar-refractivity contribution in [3.05, 3.63) is 27.6 Å². The van der Waals surface area contributed by atoms with Crippen molar-refractivity contribution < 1.29 is 0 Å². The molecule has 2 rings (SSSR count). The van der Waals surface area contributed by atoms with E-state index >= 15 is 0 Å². The third kappa shape index (κ3) is 1.94. The van der Waals surface area contributed by atoms with Crippen molar-refractivity contribution in [1.82, 2.24) is 9.55 Å². The second kappa shape index (κ2) is 4.37. The standard InChI is InChI=1S/C10H12N2OS2/c1-7-5-15-9-8(7)11-6-12(10(9)13)3-2-4-14/h5-6,14H,2-4H2,1H3. The van der Waals surface area contributed by atoms with Crippen LogP contribution in [0, 0.1) is 6.92 Å². The van der Waals surface area contributed by atoms with Gasteiger partial charge in [0, 0.05) is 6.54 Å². The molecule has 0 aliphatic rings. The molecule has 2 heterocycles. The van der Waals surface area contributed by atoms with E-state index in [2.05, 4.69) is 17.6 Å². The molecule has 0 aromatic carbocycles. The molecule has 0 aliphatic heterocycles. The maximum absolute atomic E-state index is 12.0. The van der Waals surface area contributed by atoms with Crippen molar-refractivity contribution in [1.29, 1.82) is 0 Å². The van der Waals surface area contributed by atoms with Crippen LogP contribution in [0.25, 0.3) is 10.2 Å². The van der Waals surface area contributed by atoms with E-state index in [4.69, 9.17) is 0 Å². The summed E-state index contributed by atoms with van der Waals surface area (Å²) in [6, 6.07) is 0. The van der Waals surface area contributed by atoms with Gasteiger partial charge in [-0.05, 0) is 30.0 Å². The van der Waals surface area contributed by atoms with Crippen LogP contribution < -0.4 is 5.56 Å². The second-order valence-electron chi connectivity index (χ2n) is 3.42. The number of aromatic nitrogens is 2. The van der Waals surface area contributed by atoms with Crippen LogP contribution in [-0.2, 0) is 6.54 Å². The van der Waals surface area contributed by atoms with Gasteiger partial charge in [0.25, 0.3) is 5.56 Å². The second-order valence-corrected chi connectivity index (χ2v) is 4.74. The van der Waals surface area contributed by atoms with Crippen molar-refractivity contribution in [2.24, 2.45) is 0 Å². The molecular weight excluding hydrogens is 228 g/mol. The molecule has 0 bridgehead atoms. The maximum atomic E-state index is 12.0. The van der Waals surface area contributed by atoms with E-state index in [9.17, 15) is 4.79 Å². The summed E-state index contributed by atoms with van der Waals surface area (Å²) in [4.78, 5) is 16.3. The fraction of sp³-hybridized carbons (Fsp3) is 0.400. The first kappa shape index (κ1) is 10.7. The van der Waals surface area contributed by atoms with Gasteiger partial charge in [0.2, 0.25) is 0 Å². The Morgan fingerprint density at radius 1 is 1.60 bits per heavy atom. The molecule has 5 heteroatoms. The summed E-state index contributed by atoms with van der Waals surface area (Å²) in [5, 5.41) is 1.97. The first-order valence-corrected chi connectivity index (χ1v) is 6.29. The lowest BCUT2D eigenvalue weighted by atomic mass is 10.3. The average Bonchev–Trinajstić information content (AvgIpc) is 2.61. The van der Waals surface area contributed by atoms with Gasteiger partial charge in [0.1, 0.15) is 4.70 Å². The number of rotatable bonds is 3. The van der Waals surface area contributed by atoms with Crippen LogP contribution in [0.2, 0.25) is 0 Å². The number of nitrogens with zero attached hydrogens (tertiary/aromatic N) is 2. The van der Waals surface area contributed by atoms with E-state index in [0.29, 0.717) is 6.54 Å². The molecule has 2 aromatic rings. The Morgan fingerprint density at radius 2 is 2.40 bits per heavy atom. The summed E-state index contributed by atoms with van der Waals surface area (Å²) in [7, 11) is 0. The van der Waals surface area contributed by atoms with Gasteiger partial charge in [-0.2, -0.15) is 12.6 Å². The van der Waals surface area contributed by atoms with E-state index in [1.54, 1.807) is 10.9 Å². The fourth-order valence-electron chi connectivity index (χ4n) is 1.46. The smallest absolute Gasteiger partial charge is 0.271 e. The molecule has 2 aromatic heterocycles. The van der Waals surface area contributed by atoms with Gasteiger partial charge >= 0.3 is 0 Å². The lowest BCUT2D eigenvalue weighted by Crippen LogP contribution is -2.19. The average molecular weight is 240 g/mol. The Labute approximate surface area is 97.2 Å². The molecule has 0 spiro atoms. The van der Waals surface area contributed by atoms with Crippen molar-refractivity contribution in [3.8, 4) is 0 Å². The molecule has 0 fully saturated rings. The normalized spacial score (nSPS) is 11.1. The highest BCUT2D eigenvalue weighted by atomic mass is 32.1. The van der Waals surface area contributed by atoms with Crippen LogP contribution in [0.3, 0.4) is 0 Å². The van der Waals surface area contributed by atoms with Gasteiger partial charge in [-0.1, -0.05) is 0 Å². The molecule has 80 valence electrons. The van der Waals surface area contributed by atoms with E-state index < -0.39 is 0 Å². The molecule has 0 N–H and O–H groups in total. The van der Waals surface area contributed by atoms with Gasteiger partial charge in [0.05, 0.1) is 11.8 Å². The van der Waals surface area contributed by atoms with Gasteiger partial charge in [-0.25, -0.2) is 4.98 Å². The van der Waals surface area contributed by atoms with Gasteiger partial charge in [0.15, 0.2) is 0 Å². The SMILES string of the molecule is Cc1csc2c(=O)n(CCCS)cnc12. The Balaban J connectivity index is 2.51. The number of aryl methyl sites for hydroxylation is 2. The molecule has 0 aliphatic carbocycles. The van der Waals surface area contributed by atoms with Crippen molar-refractivity contribution >= 4 is 34.2 Å². The Kier molecular flexibility index (Phi) is 3.11. The Hall–Kier alpha value is -0.810. The zero-order valence-electron chi connectivity index (χ0n) is 8.43. The van der Waals surface area contributed by atoms with Crippen molar-refractivity contribution in [2.75, 3.05) is 5.75 Å². The lowest BCUT2D eigenvalue weighted by molar-refractivity contribution is 0.653. The Bertz CT molecular complexity index is 530. The van der Waals surface area contributed by atoms with Crippen LogP contribution in [0.5, 0.6) is 0 Å². The van der Waals surface area contributed by atoms with Crippen LogP contribution in [0.1, 0.15) is 12.0 Å². The molecule has 0 amide bonds. The highest BCUT2D eigenvalue weighted by molar-refractivity contribution is 7.80. The summed E-state index contributed by atoms with van der Waals surface area (Å²) in [6.07, 6.45) is 2.52. The number of thiophene rings is 1. The van der Waals surface area contributed by atoms with E-state index in [1.165, 1.54) is 11.3 Å². The topological polar surface area (TPSA) is 34.9 Å². The molecular formula is C10H12N2OS2. The third-order valence-electron chi connectivity index (χ3n) is 2.28. The van der Waals surface area contributed by atoms with Crippen LogP contribution >= 0.6 is 24.0 Å². The first-order valence-electron chi connectivity index (χ1n) is 4.78. The fourth-order valence-corrected chi connectivity index (χ4v) is 2.55. The maximum Gasteiger partial charge on any atom is 0.271 e. The van der Waals surface area contributed by atoms with Gasteiger partial charge in [-0.15, -0.1) is 11.3 Å². The van der Waals surface area contributed by atoms with E-state index in [-0.39, 0.29) is 5.56 Å². The number of fused-ring (bicyclic) bond motifs is 1. The largest absolute Gasteiger partial charge is 0.298 e. The zero-order chi connectivity index (χ0) is 10.8. The summed E-state index contributed by atoms with van der Waals surface area (Å²) in [5.74, 6) is 0.786. The summed E-state index contributed by atoms with van der Waals surface area (Å²) < 4.78 is 2.42. The summed E-state index contributed by atoms with van der Waals surface area (Å²) >= 11 is 5.60. The van der Waals surface area contributed by atoms with Crippen molar-refractivity contribution in [3.63, 3.8) is 0 Å². The van der Waals surface area contributed by atoms with Crippen LogP contribution in [0.15, 0.2) is 16.5 Å². The minimum atomic E-state index is 0.0693. The molecule has 3 nitrogen and oxygen atoms in total. The predicted octanol–water partition coefficient (Wildman–Crippen LogP) is 2.09. The molecule has 0 saturated heterocycles. The third-order valence-corrected chi connectivity index (χ3v) is 3.67. The van der Waals surface area contributed by atoms with Crippen LogP contribution in [0.4, 0.5) is 0 Å². The molecule has 0 unspecified atom stereocenters. The number of hydrogen-bond acceptors (Lipinski definition) is 4. The summed E-state index contributed by atoms with van der Waals surface area (Å²) in [5.41, 5.74) is 1.99. The monoisotopic (exact) mass is 240 g/mol. The van der Waals surface area contributed by atoms with Gasteiger partial charge in [-0.3, -0.25) is 9.36 Å². The highest BCUT2D eigenvalue weighted by Gasteiger charge is 2.07. The minimum absolute atomic E-state index is 0.0693. The molecule has 0 atom stereocenters. The molecule has 0 saturated carbocycles. The van der Waals surface area contributed by atoms with Gasteiger partial charge < -0.3 is 0 Å². The predicted molar refractivity (Wildman–Crippen MR) is 67.1 cm³/mol. The zero-order valence-corrected chi connectivity index (χ0v) is 10.1. The Morgan fingerprint density at radius 3 is 3.13 bits per heavy atom. The number of thiol groups is 1. The molecule has 15 heavy (non-hydrogen) atoms. The lowest BCUT2D eigenvalue weighted by Gasteiger charge is -2.02. The highest BCUT2D eigenvalue weighted by Crippen LogP contribution is 2.19.